The van der Waals surface area contributed by atoms with Gasteiger partial charge in [0, 0.05) is 14.1 Å². The molecule has 0 bridgehead atoms. The van der Waals surface area contributed by atoms with E-state index in [4.69, 9.17) is 9.47 Å². The molecule has 1 aromatic carbocycles. The Morgan fingerprint density at radius 2 is 1.83 bits per heavy atom. The van der Waals surface area contributed by atoms with E-state index in [9.17, 15) is 14.4 Å². The third kappa shape index (κ3) is 3.85. The monoisotopic (exact) mass is 402 g/mol. The second kappa shape index (κ2) is 8.02. The normalized spacial score (nSPS) is 15.5. The number of nitrogens with one attached hydrogen (secondary N) is 2. The highest BCUT2D eigenvalue weighted by molar-refractivity contribution is 5.92. The molecule has 9 heteroatoms. The van der Waals surface area contributed by atoms with Gasteiger partial charge in [-0.1, -0.05) is 19.9 Å². The molecule has 2 heterocycles. The first-order valence-corrected chi connectivity index (χ1v) is 9.42. The summed E-state index contributed by atoms with van der Waals surface area (Å²) in [6.07, 6.45) is 0.909. The van der Waals surface area contributed by atoms with Gasteiger partial charge in [0.25, 0.3) is 5.56 Å². The van der Waals surface area contributed by atoms with Crippen molar-refractivity contribution in [1.29, 1.82) is 0 Å². The van der Waals surface area contributed by atoms with Gasteiger partial charge in [0.1, 0.15) is 5.82 Å². The van der Waals surface area contributed by atoms with Crippen molar-refractivity contribution in [3.05, 3.63) is 50.2 Å². The largest absolute Gasteiger partial charge is 0.493 e. The molecule has 1 aliphatic rings. The molecule has 1 aliphatic heterocycles. The van der Waals surface area contributed by atoms with Crippen LogP contribution in [0.1, 0.15) is 37.4 Å². The predicted molar refractivity (Wildman–Crippen MR) is 109 cm³/mol. The molecular weight excluding hydrogens is 376 g/mol. The Balaban J connectivity index is 2.05. The van der Waals surface area contributed by atoms with Gasteiger partial charge in [-0.15, -0.1) is 0 Å². The minimum Gasteiger partial charge on any atom is -0.493 e. The molecule has 0 fully saturated rings. The highest BCUT2D eigenvalue weighted by atomic mass is 16.5. The fourth-order valence-electron chi connectivity index (χ4n) is 3.27. The molecule has 0 radical (unpaired) electrons. The van der Waals surface area contributed by atoms with Crippen LogP contribution in [0.2, 0.25) is 0 Å². The third-order valence-corrected chi connectivity index (χ3v) is 4.97. The SMILES string of the molecule is COc1cc([C@@H]2NC(=O)Nc3c2c(=O)n(C)c(=O)n3C)ccc1OCCC(C)C. The van der Waals surface area contributed by atoms with Crippen LogP contribution in [0.3, 0.4) is 0 Å². The van der Waals surface area contributed by atoms with E-state index < -0.39 is 23.3 Å². The summed E-state index contributed by atoms with van der Waals surface area (Å²) >= 11 is 0. The number of methoxy groups -OCH3 is 1. The van der Waals surface area contributed by atoms with Gasteiger partial charge in [0.15, 0.2) is 11.5 Å². The third-order valence-electron chi connectivity index (χ3n) is 4.97. The molecule has 1 atom stereocenters. The van der Waals surface area contributed by atoms with Crippen molar-refractivity contribution in [2.45, 2.75) is 26.3 Å². The van der Waals surface area contributed by atoms with Gasteiger partial charge < -0.3 is 14.8 Å². The highest BCUT2D eigenvalue weighted by Crippen LogP contribution is 2.34. The van der Waals surface area contributed by atoms with Crippen LogP contribution in [0.5, 0.6) is 11.5 Å². The van der Waals surface area contributed by atoms with Gasteiger partial charge in [-0.25, -0.2) is 9.59 Å². The number of aromatic nitrogens is 2. The van der Waals surface area contributed by atoms with Gasteiger partial charge >= 0.3 is 11.7 Å². The quantitative estimate of drug-likeness (QED) is 0.766. The number of ether oxygens (including phenoxy) is 2. The first kappa shape index (κ1) is 20.5. The molecule has 1 aromatic heterocycles. The van der Waals surface area contributed by atoms with Crippen LogP contribution in [0.4, 0.5) is 10.6 Å². The number of hydrogen-bond acceptors (Lipinski definition) is 5. The highest BCUT2D eigenvalue weighted by Gasteiger charge is 2.32. The van der Waals surface area contributed by atoms with Gasteiger partial charge in [0.05, 0.1) is 25.3 Å². The molecule has 2 aromatic rings. The maximum atomic E-state index is 12.8. The number of carbonyl (C=O) groups excluding carboxylic acids is 1. The molecule has 0 unspecified atom stereocenters. The molecule has 2 N–H and O–H groups in total. The van der Waals surface area contributed by atoms with E-state index in [0.29, 0.717) is 29.6 Å². The maximum absolute atomic E-state index is 12.8. The molecule has 0 saturated heterocycles. The Morgan fingerprint density at radius 3 is 2.48 bits per heavy atom. The van der Waals surface area contributed by atoms with E-state index >= 15 is 0 Å². The van der Waals surface area contributed by atoms with Crippen LogP contribution in [0.25, 0.3) is 0 Å². The Bertz CT molecular complexity index is 1050. The number of hydrogen-bond donors (Lipinski definition) is 2. The predicted octanol–water partition coefficient (Wildman–Crippen LogP) is 1.74. The average molecular weight is 402 g/mol. The second-order valence-corrected chi connectivity index (χ2v) is 7.44. The topological polar surface area (TPSA) is 104 Å². The number of amides is 2. The summed E-state index contributed by atoms with van der Waals surface area (Å²) < 4.78 is 13.5. The standard InChI is InChI=1S/C20H26N4O5/c1-11(2)8-9-29-13-7-6-12(10-14(13)28-5)16-15-17(22-19(26)21-16)23(3)20(27)24(4)18(15)25/h6-7,10-11,16H,8-9H2,1-5H3,(H2,21,22,26)/t16-/m0/s1. The van der Waals surface area contributed by atoms with E-state index in [0.717, 1.165) is 11.0 Å². The molecule has 0 aliphatic carbocycles. The Kier molecular flexibility index (Phi) is 5.67. The molecule has 0 saturated carbocycles. The number of rotatable bonds is 6. The van der Waals surface area contributed by atoms with Crippen molar-refractivity contribution in [3.8, 4) is 11.5 Å². The lowest BCUT2D eigenvalue weighted by Crippen LogP contribution is -2.49. The first-order chi connectivity index (χ1) is 13.7. The molecule has 3 rings (SSSR count). The van der Waals surface area contributed by atoms with Crippen molar-refractivity contribution in [3.63, 3.8) is 0 Å². The summed E-state index contributed by atoms with van der Waals surface area (Å²) in [5.74, 6) is 1.79. The minimum atomic E-state index is -0.733. The molecule has 9 nitrogen and oxygen atoms in total. The zero-order valence-electron chi connectivity index (χ0n) is 17.2. The van der Waals surface area contributed by atoms with E-state index in [2.05, 4.69) is 24.5 Å². The van der Waals surface area contributed by atoms with E-state index in [-0.39, 0.29) is 11.4 Å². The number of fused-ring (bicyclic) bond motifs is 1. The zero-order valence-corrected chi connectivity index (χ0v) is 17.2. The minimum absolute atomic E-state index is 0.183. The Morgan fingerprint density at radius 1 is 1.10 bits per heavy atom. The lowest BCUT2D eigenvalue weighted by molar-refractivity contribution is 0.248. The van der Waals surface area contributed by atoms with Crippen molar-refractivity contribution >= 4 is 11.8 Å². The molecular formula is C20H26N4O5. The van der Waals surface area contributed by atoms with Gasteiger partial charge in [-0.05, 0) is 30.0 Å². The number of nitrogens with zero attached hydrogens (tertiary/aromatic N) is 2. The van der Waals surface area contributed by atoms with Crippen molar-refractivity contribution < 1.29 is 14.3 Å². The van der Waals surface area contributed by atoms with E-state index in [1.165, 1.54) is 25.8 Å². The zero-order chi connectivity index (χ0) is 21.3. The summed E-state index contributed by atoms with van der Waals surface area (Å²) in [5, 5.41) is 5.32. The Hall–Kier alpha value is -3.23. The van der Waals surface area contributed by atoms with E-state index in [1.807, 2.05) is 0 Å². The summed E-state index contributed by atoms with van der Waals surface area (Å²) in [7, 11) is 4.45. The number of urea groups is 1. The van der Waals surface area contributed by atoms with E-state index in [1.54, 1.807) is 18.2 Å². The number of benzene rings is 1. The van der Waals surface area contributed by atoms with Crippen molar-refractivity contribution in [2.24, 2.45) is 20.0 Å². The van der Waals surface area contributed by atoms with Crippen LogP contribution in [0.15, 0.2) is 27.8 Å². The van der Waals surface area contributed by atoms with Gasteiger partial charge in [0.2, 0.25) is 0 Å². The fraction of sp³-hybridized carbons (Fsp3) is 0.450. The van der Waals surface area contributed by atoms with Crippen LogP contribution >= 0.6 is 0 Å². The average Bonchev–Trinajstić information content (AvgIpc) is 2.69. The van der Waals surface area contributed by atoms with Crippen LogP contribution in [0, 0.1) is 5.92 Å². The molecule has 2 amide bonds. The molecule has 0 spiro atoms. The summed E-state index contributed by atoms with van der Waals surface area (Å²) in [6, 6.07) is 4.03. The van der Waals surface area contributed by atoms with Crippen LogP contribution in [-0.4, -0.2) is 28.9 Å². The lowest BCUT2D eigenvalue weighted by atomic mass is 9.98. The lowest BCUT2D eigenvalue weighted by Gasteiger charge is -2.28. The molecule has 29 heavy (non-hydrogen) atoms. The van der Waals surface area contributed by atoms with Crippen LogP contribution in [-0.2, 0) is 14.1 Å². The number of carbonyl (C=O) groups is 1. The first-order valence-electron chi connectivity index (χ1n) is 9.42. The van der Waals surface area contributed by atoms with Crippen molar-refractivity contribution in [1.82, 2.24) is 14.5 Å². The Labute approximate surface area is 168 Å². The molecule has 156 valence electrons. The van der Waals surface area contributed by atoms with Gasteiger partial charge in [-0.2, -0.15) is 0 Å². The second-order valence-electron chi connectivity index (χ2n) is 7.44. The van der Waals surface area contributed by atoms with Crippen LogP contribution < -0.4 is 31.4 Å². The van der Waals surface area contributed by atoms with Crippen molar-refractivity contribution in [2.75, 3.05) is 19.0 Å². The maximum Gasteiger partial charge on any atom is 0.332 e. The summed E-state index contributed by atoms with van der Waals surface area (Å²) in [5.41, 5.74) is -0.0624. The fourth-order valence-corrected chi connectivity index (χ4v) is 3.27. The smallest absolute Gasteiger partial charge is 0.332 e. The van der Waals surface area contributed by atoms with Gasteiger partial charge in [-0.3, -0.25) is 19.2 Å². The number of anilines is 1. The summed E-state index contributed by atoms with van der Waals surface area (Å²) in [4.78, 5) is 37.2. The summed E-state index contributed by atoms with van der Waals surface area (Å²) in [6.45, 7) is 4.80.